The maximum absolute atomic E-state index is 12.7. The van der Waals surface area contributed by atoms with Crippen LogP contribution in [0.3, 0.4) is 0 Å². The minimum atomic E-state index is 0.00597. The van der Waals surface area contributed by atoms with Crippen LogP contribution in [0, 0.1) is 13.8 Å². The van der Waals surface area contributed by atoms with Gasteiger partial charge in [-0.3, -0.25) is 4.79 Å². The molecule has 1 fully saturated rings. The number of furan rings is 1. The number of hydrogen-bond donors (Lipinski definition) is 1. The van der Waals surface area contributed by atoms with Gasteiger partial charge in [-0.05, 0) is 26.3 Å². The lowest BCUT2D eigenvalue weighted by Gasteiger charge is -2.31. The van der Waals surface area contributed by atoms with Gasteiger partial charge in [0.15, 0.2) is 5.76 Å². The Morgan fingerprint density at radius 2 is 2.20 bits per heavy atom. The number of piperazine rings is 1. The fourth-order valence-corrected chi connectivity index (χ4v) is 2.85. The van der Waals surface area contributed by atoms with Crippen LogP contribution in [0.2, 0.25) is 0 Å². The predicted octanol–water partition coefficient (Wildman–Crippen LogP) is 2.48. The van der Waals surface area contributed by atoms with Crippen molar-refractivity contribution in [3.8, 4) is 0 Å². The summed E-state index contributed by atoms with van der Waals surface area (Å²) in [5.74, 6) is 0.495. The average molecular weight is 272 g/mol. The van der Waals surface area contributed by atoms with Gasteiger partial charge < -0.3 is 14.6 Å². The minimum Gasteiger partial charge on any atom is -0.450 e. The van der Waals surface area contributed by atoms with Crippen LogP contribution in [0.15, 0.2) is 22.6 Å². The van der Waals surface area contributed by atoms with Crippen molar-refractivity contribution >= 4 is 16.9 Å². The van der Waals surface area contributed by atoms with Crippen LogP contribution in [0.25, 0.3) is 11.0 Å². The Morgan fingerprint density at radius 1 is 1.40 bits per heavy atom. The number of rotatable bonds is 1. The second-order valence-corrected chi connectivity index (χ2v) is 5.61. The summed E-state index contributed by atoms with van der Waals surface area (Å²) < 4.78 is 5.87. The number of aryl methyl sites for hydroxylation is 2. The van der Waals surface area contributed by atoms with Crippen molar-refractivity contribution in [2.45, 2.75) is 26.8 Å². The van der Waals surface area contributed by atoms with Crippen LogP contribution in [-0.2, 0) is 0 Å². The smallest absolute Gasteiger partial charge is 0.289 e. The molecule has 1 amide bonds. The molecule has 1 atom stereocenters. The third-order valence-electron chi connectivity index (χ3n) is 4.01. The van der Waals surface area contributed by atoms with E-state index in [1.807, 2.05) is 36.9 Å². The zero-order valence-corrected chi connectivity index (χ0v) is 12.2. The quantitative estimate of drug-likeness (QED) is 0.867. The van der Waals surface area contributed by atoms with E-state index in [-0.39, 0.29) is 5.91 Å². The number of nitrogens with one attached hydrogen (secondary N) is 1. The third kappa shape index (κ3) is 2.10. The van der Waals surface area contributed by atoms with Gasteiger partial charge in [0.2, 0.25) is 0 Å². The summed E-state index contributed by atoms with van der Waals surface area (Å²) in [6, 6.07) is 6.35. The number of nitrogens with zero attached hydrogens (tertiary/aromatic N) is 1. The lowest BCUT2D eigenvalue weighted by atomic mass is 10.1. The van der Waals surface area contributed by atoms with Crippen LogP contribution < -0.4 is 5.32 Å². The topological polar surface area (TPSA) is 45.5 Å². The van der Waals surface area contributed by atoms with Crippen LogP contribution >= 0.6 is 0 Å². The van der Waals surface area contributed by atoms with Gasteiger partial charge >= 0.3 is 0 Å². The summed E-state index contributed by atoms with van der Waals surface area (Å²) in [4.78, 5) is 14.5. The molecular weight excluding hydrogens is 252 g/mol. The van der Waals surface area contributed by atoms with Crippen molar-refractivity contribution in [3.05, 3.63) is 35.1 Å². The fourth-order valence-electron chi connectivity index (χ4n) is 2.85. The van der Waals surface area contributed by atoms with Crippen molar-refractivity contribution in [1.82, 2.24) is 10.2 Å². The number of hydrogen-bond acceptors (Lipinski definition) is 3. The number of carbonyl (C=O) groups excluding carboxylic acids is 1. The van der Waals surface area contributed by atoms with Crippen molar-refractivity contribution in [3.63, 3.8) is 0 Å². The number of benzene rings is 1. The monoisotopic (exact) mass is 272 g/mol. The Bertz CT molecular complexity index is 660. The number of amides is 1. The van der Waals surface area contributed by atoms with Crippen molar-refractivity contribution in [2.24, 2.45) is 0 Å². The predicted molar refractivity (Wildman–Crippen MR) is 79.1 cm³/mol. The molecule has 106 valence electrons. The van der Waals surface area contributed by atoms with E-state index in [0.717, 1.165) is 41.7 Å². The maximum atomic E-state index is 12.7. The molecule has 2 heterocycles. The zero-order valence-electron chi connectivity index (χ0n) is 12.2. The molecule has 0 bridgehead atoms. The molecule has 0 saturated carbocycles. The molecule has 1 aromatic heterocycles. The highest BCUT2D eigenvalue weighted by molar-refractivity contribution is 5.99. The van der Waals surface area contributed by atoms with Crippen molar-refractivity contribution in [1.29, 1.82) is 0 Å². The second kappa shape index (κ2) is 4.94. The first-order chi connectivity index (χ1) is 9.58. The van der Waals surface area contributed by atoms with Crippen LogP contribution in [0.5, 0.6) is 0 Å². The minimum absolute atomic E-state index is 0.00597. The Hall–Kier alpha value is -1.81. The molecule has 2 aromatic rings. The molecule has 1 N–H and O–H groups in total. The Labute approximate surface area is 118 Å². The normalized spacial score (nSPS) is 19.6. The molecule has 0 aliphatic carbocycles. The van der Waals surface area contributed by atoms with Gasteiger partial charge in [0.25, 0.3) is 5.91 Å². The van der Waals surface area contributed by atoms with E-state index in [9.17, 15) is 4.79 Å². The molecule has 1 aromatic carbocycles. The summed E-state index contributed by atoms with van der Waals surface area (Å²) in [5.41, 5.74) is 2.84. The van der Waals surface area contributed by atoms with E-state index in [0.29, 0.717) is 11.8 Å². The summed E-state index contributed by atoms with van der Waals surface area (Å²) in [7, 11) is 0. The van der Waals surface area contributed by atoms with Crippen molar-refractivity contribution in [2.75, 3.05) is 19.6 Å². The molecule has 1 aliphatic heterocycles. The standard InChI is InChI=1S/C16H20N2O2/c1-10-5-4-6-13-12(3)15(20-14(10)13)16(19)18-8-7-17-11(2)9-18/h4-6,11,17H,7-9H2,1-3H3. The van der Waals surface area contributed by atoms with E-state index >= 15 is 0 Å². The number of fused-ring (bicyclic) bond motifs is 1. The molecule has 4 heteroatoms. The fraction of sp³-hybridized carbons (Fsp3) is 0.438. The molecule has 1 saturated heterocycles. The highest BCUT2D eigenvalue weighted by Gasteiger charge is 2.26. The number of para-hydroxylation sites is 1. The molecule has 0 radical (unpaired) electrons. The van der Waals surface area contributed by atoms with Gasteiger partial charge in [-0.1, -0.05) is 18.2 Å². The van der Waals surface area contributed by atoms with Crippen molar-refractivity contribution < 1.29 is 9.21 Å². The van der Waals surface area contributed by atoms with Crippen LogP contribution in [-0.4, -0.2) is 36.5 Å². The summed E-state index contributed by atoms with van der Waals surface area (Å²) in [5, 5.41) is 4.38. The summed E-state index contributed by atoms with van der Waals surface area (Å²) in [6.07, 6.45) is 0. The SMILES string of the molecule is Cc1c(C(=O)N2CCNC(C)C2)oc2c(C)cccc12. The van der Waals surface area contributed by atoms with E-state index in [1.54, 1.807) is 0 Å². The van der Waals surface area contributed by atoms with Gasteiger partial charge in [0.1, 0.15) is 5.58 Å². The first-order valence-electron chi connectivity index (χ1n) is 7.09. The van der Waals surface area contributed by atoms with E-state index in [1.165, 1.54) is 0 Å². The molecule has 20 heavy (non-hydrogen) atoms. The Kier molecular flexibility index (Phi) is 3.26. The van der Waals surface area contributed by atoms with Gasteiger partial charge in [0.05, 0.1) is 0 Å². The van der Waals surface area contributed by atoms with Gasteiger partial charge in [0, 0.05) is 36.6 Å². The van der Waals surface area contributed by atoms with E-state index < -0.39 is 0 Å². The summed E-state index contributed by atoms with van der Waals surface area (Å²) in [6.45, 7) is 8.36. The zero-order chi connectivity index (χ0) is 14.3. The highest BCUT2D eigenvalue weighted by atomic mass is 16.3. The lowest BCUT2D eigenvalue weighted by Crippen LogP contribution is -2.51. The first-order valence-corrected chi connectivity index (χ1v) is 7.09. The van der Waals surface area contributed by atoms with Gasteiger partial charge in [-0.2, -0.15) is 0 Å². The lowest BCUT2D eigenvalue weighted by molar-refractivity contribution is 0.0678. The van der Waals surface area contributed by atoms with Gasteiger partial charge in [-0.25, -0.2) is 0 Å². The molecule has 4 nitrogen and oxygen atoms in total. The highest BCUT2D eigenvalue weighted by Crippen LogP contribution is 2.28. The molecule has 0 spiro atoms. The molecular formula is C16H20N2O2. The molecule has 1 aliphatic rings. The number of carbonyl (C=O) groups is 1. The Balaban J connectivity index is 1.99. The van der Waals surface area contributed by atoms with E-state index in [2.05, 4.69) is 12.2 Å². The molecule has 1 unspecified atom stereocenters. The van der Waals surface area contributed by atoms with Gasteiger partial charge in [-0.15, -0.1) is 0 Å². The largest absolute Gasteiger partial charge is 0.450 e. The summed E-state index contributed by atoms with van der Waals surface area (Å²) >= 11 is 0. The Morgan fingerprint density at radius 3 is 2.90 bits per heavy atom. The van der Waals surface area contributed by atoms with E-state index in [4.69, 9.17) is 4.42 Å². The maximum Gasteiger partial charge on any atom is 0.289 e. The molecule has 3 rings (SSSR count). The second-order valence-electron chi connectivity index (χ2n) is 5.61. The van der Waals surface area contributed by atoms with Crippen LogP contribution in [0.4, 0.5) is 0 Å². The average Bonchev–Trinajstić information content (AvgIpc) is 2.77. The van der Waals surface area contributed by atoms with Crippen LogP contribution in [0.1, 0.15) is 28.6 Å². The third-order valence-corrected chi connectivity index (χ3v) is 4.01. The first kappa shape index (κ1) is 13.2.